The van der Waals surface area contributed by atoms with Gasteiger partial charge in [0.25, 0.3) is 5.78 Å². The van der Waals surface area contributed by atoms with Gasteiger partial charge in [-0.3, -0.25) is 0 Å². The third-order valence-electron chi connectivity index (χ3n) is 2.60. The average Bonchev–Trinajstić information content (AvgIpc) is 2.82. The molecule has 0 saturated carbocycles. The van der Waals surface area contributed by atoms with Gasteiger partial charge in [0.1, 0.15) is 6.33 Å². The minimum absolute atomic E-state index is 0.448. The molecule has 0 fully saturated rings. The number of hydrogen-bond acceptors (Lipinski definition) is 4. The molecular formula is C11H7Cl2N5S. The number of halogens is 2. The lowest BCUT2D eigenvalue weighted by Crippen LogP contribution is -2.02. The third kappa shape index (κ3) is 2.11. The quantitative estimate of drug-likeness (QED) is 0.648. The second-order valence-electron chi connectivity index (χ2n) is 3.91. The smallest absolute Gasteiger partial charge is 0.256 e. The summed E-state index contributed by atoms with van der Waals surface area (Å²) in [5.74, 6) is 0.951. The van der Waals surface area contributed by atoms with Crippen molar-refractivity contribution < 1.29 is 0 Å². The molecule has 5 nitrogen and oxygen atoms in total. The fraction of sp³-hybridized carbons (Fsp3) is 0.0909. The van der Waals surface area contributed by atoms with Gasteiger partial charge in [-0.1, -0.05) is 23.2 Å². The number of rotatable bonds is 1. The molecule has 0 atom stereocenters. The second-order valence-corrected chi connectivity index (χ2v) is 5.09. The Kier molecular flexibility index (Phi) is 3.00. The highest BCUT2D eigenvalue weighted by molar-refractivity contribution is 7.71. The van der Waals surface area contributed by atoms with Crippen molar-refractivity contribution in [2.75, 3.05) is 0 Å². The molecule has 0 aliphatic heterocycles. The summed E-state index contributed by atoms with van der Waals surface area (Å²) in [5, 5.41) is 5.27. The van der Waals surface area contributed by atoms with Crippen LogP contribution in [0.3, 0.4) is 0 Å². The van der Waals surface area contributed by atoms with Crippen LogP contribution >= 0.6 is 35.4 Å². The standard InChI is InChI=1S/C11H7Cl2N5S/c1-17-5-14-10-15-9(16-18(10)11(17)19)6-2-3-7(12)8(13)4-6/h2-5H,1H3. The zero-order valence-corrected chi connectivity index (χ0v) is 12.0. The Labute approximate surface area is 123 Å². The molecular weight excluding hydrogens is 305 g/mol. The van der Waals surface area contributed by atoms with Crippen LogP contribution in [-0.2, 0) is 7.05 Å². The van der Waals surface area contributed by atoms with Gasteiger partial charge in [0, 0.05) is 12.6 Å². The van der Waals surface area contributed by atoms with Crippen molar-refractivity contribution in [2.45, 2.75) is 0 Å². The van der Waals surface area contributed by atoms with Gasteiger partial charge in [-0.2, -0.15) is 9.50 Å². The first kappa shape index (κ1) is 12.5. The summed E-state index contributed by atoms with van der Waals surface area (Å²) in [6.45, 7) is 0. The van der Waals surface area contributed by atoms with E-state index in [1.807, 2.05) is 0 Å². The molecule has 1 aromatic carbocycles. The fourth-order valence-electron chi connectivity index (χ4n) is 1.61. The van der Waals surface area contributed by atoms with E-state index in [-0.39, 0.29) is 0 Å². The van der Waals surface area contributed by atoms with Gasteiger partial charge in [-0.25, -0.2) is 4.98 Å². The molecule has 0 saturated heterocycles. The molecule has 0 radical (unpaired) electrons. The Morgan fingerprint density at radius 1 is 1.21 bits per heavy atom. The van der Waals surface area contributed by atoms with Gasteiger partial charge in [-0.05, 0) is 30.4 Å². The summed E-state index contributed by atoms with van der Waals surface area (Å²) in [7, 11) is 1.80. The Balaban J connectivity index is 2.23. The Bertz CT molecular complexity index is 839. The molecule has 2 aromatic heterocycles. The maximum Gasteiger partial charge on any atom is 0.256 e. The van der Waals surface area contributed by atoms with Crippen LogP contribution in [0.5, 0.6) is 0 Å². The molecule has 2 heterocycles. The van der Waals surface area contributed by atoms with E-state index in [2.05, 4.69) is 15.1 Å². The van der Waals surface area contributed by atoms with E-state index in [4.69, 9.17) is 35.4 Å². The number of nitrogens with zero attached hydrogens (tertiary/aromatic N) is 5. The number of fused-ring (bicyclic) bond motifs is 1. The highest BCUT2D eigenvalue weighted by Gasteiger charge is 2.10. The molecule has 0 aliphatic rings. The molecule has 0 spiro atoms. The SMILES string of the molecule is Cn1cnc2nc(-c3ccc(Cl)c(Cl)c3)nn2c1=S. The van der Waals surface area contributed by atoms with Crippen molar-refractivity contribution in [1.82, 2.24) is 24.1 Å². The largest absolute Gasteiger partial charge is 0.311 e. The monoisotopic (exact) mass is 311 g/mol. The minimum Gasteiger partial charge on any atom is -0.311 e. The summed E-state index contributed by atoms with van der Waals surface area (Å²) in [6.07, 6.45) is 1.60. The van der Waals surface area contributed by atoms with Crippen LogP contribution in [0, 0.1) is 4.77 Å². The predicted octanol–water partition coefficient (Wildman–Crippen LogP) is 3.17. The summed E-state index contributed by atoms with van der Waals surface area (Å²) in [4.78, 5) is 8.47. The van der Waals surface area contributed by atoms with Crippen LogP contribution < -0.4 is 0 Å². The van der Waals surface area contributed by atoms with Crippen LogP contribution in [0.25, 0.3) is 17.2 Å². The summed E-state index contributed by atoms with van der Waals surface area (Å²) in [6, 6.07) is 5.21. The van der Waals surface area contributed by atoms with Crippen LogP contribution in [-0.4, -0.2) is 24.1 Å². The zero-order valence-electron chi connectivity index (χ0n) is 9.71. The fourth-order valence-corrected chi connectivity index (χ4v) is 2.08. The van der Waals surface area contributed by atoms with Crippen LogP contribution in [0.15, 0.2) is 24.5 Å². The molecule has 8 heteroatoms. The molecule has 96 valence electrons. The first-order chi connectivity index (χ1) is 9.06. The van der Waals surface area contributed by atoms with E-state index in [0.29, 0.717) is 26.4 Å². The molecule has 3 rings (SSSR count). The van der Waals surface area contributed by atoms with Crippen molar-refractivity contribution in [3.05, 3.63) is 39.3 Å². The number of aryl methyl sites for hydroxylation is 1. The van der Waals surface area contributed by atoms with Crippen LogP contribution in [0.2, 0.25) is 10.0 Å². The van der Waals surface area contributed by atoms with Crippen molar-refractivity contribution in [3.63, 3.8) is 0 Å². The summed E-state index contributed by atoms with van der Waals surface area (Å²) >= 11 is 17.1. The number of benzene rings is 1. The lowest BCUT2D eigenvalue weighted by Gasteiger charge is -1.98. The van der Waals surface area contributed by atoms with E-state index >= 15 is 0 Å². The highest BCUT2D eigenvalue weighted by Crippen LogP contribution is 2.26. The van der Waals surface area contributed by atoms with E-state index in [1.54, 1.807) is 36.1 Å². The predicted molar refractivity (Wildman–Crippen MR) is 76.0 cm³/mol. The van der Waals surface area contributed by atoms with E-state index in [9.17, 15) is 0 Å². The van der Waals surface area contributed by atoms with Gasteiger partial charge >= 0.3 is 0 Å². The van der Waals surface area contributed by atoms with Crippen molar-refractivity contribution >= 4 is 41.2 Å². The van der Waals surface area contributed by atoms with Crippen LogP contribution in [0.1, 0.15) is 0 Å². The Morgan fingerprint density at radius 3 is 2.74 bits per heavy atom. The van der Waals surface area contributed by atoms with Gasteiger partial charge in [0.2, 0.25) is 4.77 Å². The third-order valence-corrected chi connectivity index (χ3v) is 3.80. The highest BCUT2D eigenvalue weighted by atomic mass is 35.5. The van der Waals surface area contributed by atoms with Crippen LogP contribution in [0.4, 0.5) is 0 Å². The summed E-state index contributed by atoms with van der Waals surface area (Å²) < 4.78 is 3.71. The summed E-state index contributed by atoms with van der Waals surface area (Å²) in [5.41, 5.74) is 0.761. The number of hydrogen-bond donors (Lipinski definition) is 0. The first-order valence-electron chi connectivity index (χ1n) is 5.30. The molecule has 19 heavy (non-hydrogen) atoms. The minimum atomic E-state index is 0.448. The molecule has 0 N–H and O–H groups in total. The molecule has 3 aromatic rings. The average molecular weight is 312 g/mol. The van der Waals surface area contributed by atoms with Gasteiger partial charge < -0.3 is 4.57 Å². The number of aromatic nitrogens is 5. The second kappa shape index (κ2) is 4.56. The zero-order chi connectivity index (χ0) is 13.6. The first-order valence-corrected chi connectivity index (χ1v) is 6.46. The molecule has 0 amide bonds. The maximum atomic E-state index is 5.98. The Morgan fingerprint density at radius 2 is 2.00 bits per heavy atom. The van der Waals surface area contributed by atoms with E-state index in [0.717, 1.165) is 5.56 Å². The van der Waals surface area contributed by atoms with Crippen molar-refractivity contribution in [2.24, 2.45) is 7.05 Å². The van der Waals surface area contributed by atoms with E-state index < -0.39 is 0 Å². The van der Waals surface area contributed by atoms with Crippen molar-refractivity contribution in [3.8, 4) is 11.4 Å². The Hall–Kier alpha value is -1.50. The van der Waals surface area contributed by atoms with Gasteiger partial charge in [0.15, 0.2) is 5.82 Å². The lowest BCUT2D eigenvalue weighted by atomic mass is 10.2. The molecule has 0 unspecified atom stereocenters. The molecule has 0 bridgehead atoms. The molecule has 0 aliphatic carbocycles. The maximum absolute atomic E-state index is 5.98. The van der Waals surface area contributed by atoms with E-state index in [1.165, 1.54) is 4.52 Å². The topological polar surface area (TPSA) is 48.0 Å². The van der Waals surface area contributed by atoms with Gasteiger partial charge in [0.05, 0.1) is 10.0 Å². The normalized spacial score (nSPS) is 11.1. The van der Waals surface area contributed by atoms with Gasteiger partial charge in [-0.15, -0.1) is 5.10 Å². The van der Waals surface area contributed by atoms with Crippen molar-refractivity contribution in [1.29, 1.82) is 0 Å². The lowest BCUT2D eigenvalue weighted by molar-refractivity contribution is 0.747.